The fourth-order valence-electron chi connectivity index (χ4n) is 2.64. The molecule has 12 heavy (non-hydrogen) atoms. The van der Waals surface area contributed by atoms with Crippen LogP contribution in [0.1, 0.15) is 44.9 Å². The van der Waals surface area contributed by atoms with Crippen LogP contribution in [0.2, 0.25) is 0 Å². The summed E-state index contributed by atoms with van der Waals surface area (Å²) >= 11 is 0. The third-order valence-electron chi connectivity index (χ3n) is 3.29. The van der Waals surface area contributed by atoms with E-state index in [1.54, 1.807) is 0 Å². The highest BCUT2D eigenvalue weighted by Crippen LogP contribution is 2.41. The predicted molar refractivity (Wildman–Crippen MR) is 47.0 cm³/mol. The van der Waals surface area contributed by atoms with Crippen molar-refractivity contribution in [2.75, 3.05) is 6.61 Å². The van der Waals surface area contributed by atoms with Gasteiger partial charge in [0, 0.05) is 0 Å². The minimum Gasteiger partial charge on any atom is -0.394 e. The average molecular weight is 170 g/mol. The fourth-order valence-corrected chi connectivity index (χ4v) is 2.64. The molecule has 1 saturated carbocycles. The van der Waals surface area contributed by atoms with E-state index in [0.717, 1.165) is 6.42 Å². The van der Waals surface area contributed by atoms with Crippen molar-refractivity contribution < 1.29 is 9.84 Å². The molecule has 2 heteroatoms. The van der Waals surface area contributed by atoms with Gasteiger partial charge in [0.15, 0.2) is 0 Å². The number of hydrogen-bond acceptors (Lipinski definition) is 2. The van der Waals surface area contributed by atoms with Gasteiger partial charge in [0.2, 0.25) is 0 Å². The van der Waals surface area contributed by atoms with Gasteiger partial charge < -0.3 is 9.84 Å². The zero-order valence-electron chi connectivity index (χ0n) is 7.59. The van der Waals surface area contributed by atoms with Gasteiger partial charge in [0.25, 0.3) is 0 Å². The lowest BCUT2D eigenvalue weighted by atomic mass is 9.90. The first kappa shape index (κ1) is 8.52. The van der Waals surface area contributed by atoms with Crippen LogP contribution in [0.4, 0.5) is 0 Å². The van der Waals surface area contributed by atoms with Crippen LogP contribution in [-0.2, 0) is 4.74 Å². The van der Waals surface area contributed by atoms with Gasteiger partial charge in [-0.3, -0.25) is 0 Å². The van der Waals surface area contributed by atoms with Crippen molar-refractivity contribution in [2.45, 2.75) is 56.7 Å². The Balaban J connectivity index is 1.97. The molecule has 0 aromatic heterocycles. The minimum atomic E-state index is 0.136. The first-order valence-electron chi connectivity index (χ1n) is 5.13. The summed E-state index contributed by atoms with van der Waals surface area (Å²) in [5, 5.41) is 9.01. The molecule has 1 atom stereocenters. The van der Waals surface area contributed by atoms with Crippen molar-refractivity contribution in [1.82, 2.24) is 0 Å². The third-order valence-corrected chi connectivity index (χ3v) is 3.29. The molecule has 0 radical (unpaired) electrons. The standard InChI is InChI=1S/C10H18O2/c11-8-9-4-3-7-10(12-9)5-1-2-6-10/h9,11H,1-8H2. The van der Waals surface area contributed by atoms with Crippen molar-refractivity contribution in [3.05, 3.63) is 0 Å². The smallest absolute Gasteiger partial charge is 0.0813 e. The Labute approximate surface area is 73.9 Å². The molecule has 0 bridgehead atoms. The topological polar surface area (TPSA) is 29.5 Å². The number of aliphatic hydroxyl groups is 1. The highest BCUT2D eigenvalue weighted by atomic mass is 16.5. The largest absolute Gasteiger partial charge is 0.394 e. The lowest BCUT2D eigenvalue weighted by Gasteiger charge is -2.38. The van der Waals surface area contributed by atoms with E-state index in [0.29, 0.717) is 0 Å². The molecule has 1 aliphatic heterocycles. The van der Waals surface area contributed by atoms with Crippen LogP contribution in [0.15, 0.2) is 0 Å². The van der Waals surface area contributed by atoms with Crippen molar-refractivity contribution in [1.29, 1.82) is 0 Å². The quantitative estimate of drug-likeness (QED) is 0.651. The van der Waals surface area contributed by atoms with E-state index in [1.165, 1.54) is 38.5 Å². The van der Waals surface area contributed by atoms with E-state index in [9.17, 15) is 0 Å². The van der Waals surface area contributed by atoms with E-state index in [-0.39, 0.29) is 18.3 Å². The molecule has 0 aromatic rings. The molecule has 70 valence electrons. The second kappa shape index (κ2) is 3.35. The van der Waals surface area contributed by atoms with Crippen LogP contribution in [0, 0.1) is 0 Å². The first-order chi connectivity index (χ1) is 5.85. The summed E-state index contributed by atoms with van der Waals surface area (Å²) < 4.78 is 5.93. The van der Waals surface area contributed by atoms with E-state index in [2.05, 4.69) is 0 Å². The van der Waals surface area contributed by atoms with E-state index >= 15 is 0 Å². The highest BCUT2D eigenvalue weighted by Gasteiger charge is 2.39. The summed E-state index contributed by atoms with van der Waals surface area (Å²) in [6.45, 7) is 0.210. The van der Waals surface area contributed by atoms with Crippen molar-refractivity contribution in [3.8, 4) is 0 Å². The number of ether oxygens (including phenoxy) is 1. The summed E-state index contributed by atoms with van der Waals surface area (Å²) in [5.74, 6) is 0. The molecule has 1 spiro atoms. The van der Waals surface area contributed by atoms with E-state index in [4.69, 9.17) is 9.84 Å². The predicted octanol–water partition coefficient (Wildman–Crippen LogP) is 1.86. The Morgan fingerprint density at radius 2 is 1.83 bits per heavy atom. The number of aliphatic hydroxyl groups excluding tert-OH is 1. The SMILES string of the molecule is OCC1CCCC2(CCCC2)O1. The van der Waals surface area contributed by atoms with E-state index < -0.39 is 0 Å². The third kappa shape index (κ3) is 1.50. The molecular weight excluding hydrogens is 152 g/mol. The van der Waals surface area contributed by atoms with Gasteiger partial charge in [-0.25, -0.2) is 0 Å². The van der Waals surface area contributed by atoms with Crippen LogP contribution in [0.3, 0.4) is 0 Å². The van der Waals surface area contributed by atoms with Crippen LogP contribution in [-0.4, -0.2) is 23.4 Å². The summed E-state index contributed by atoms with van der Waals surface area (Å²) in [5.41, 5.74) is 0.186. The summed E-state index contributed by atoms with van der Waals surface area (Å²) in [4.78, 5) is 0. The Morgan fingerprint density at radius 3 is 2.50 bits per heavy atom. The number of rotatable bonds is 1. The Kier molecular flexibility index (Phi) is 2.37. The maximum Gasteiger partial charge on any atom is 0.0813 e. The fraction of sp³-hybridized carbons (Fsp3) is 1.00. The van der Waals surface area contributed by atoms with Gasteiger partial charge in [-0.1, -0.05) is 12.8 Å². The minimum absolute atomic E-state index is 0.136. The average Bonchev–Trinajstić information content (AvgIpc) is 2.53. The second-order valence-electron chi connectivity index (χ2n) is 4.20. The van der Waals surface area contributed by atoms with Crippen molar-refractivity contribution in [2.24, 2.45) is 0 Å². The zero-order chi connectivity index (χ0) is 8.44. The monoisotopic (exact) mass is 170 g/mol. The van der Waals surface area contributed by atoms with Gasteiger partial charge in [-0.15, -0.1) is 0 Å². The zero-order valence-corrected chi connectivity index (χ0v) is 7.59. The van der Waals surface area contributed by atoms with Gasteiger partial charge in [-0.2, -0.15) is 0 Å². The molecule has 1 N–H and O–H groups in total. The molecule has 1 saturated heterocycles. The maximum atomic E-state index is 9.01. The number of hydrogen-bond donors (Lipinski definition) is 1. The lowest BCUT2D eigenvalue weighted by Crippen LogP contribution is -2.39. The van der Waals surface area contributed by atoms with Gasteiger partial charge in [-0.05, 0) is 32.1 Å². The molecule has 2 aliphatic rings. The maximum absolute atomic E-state index is 9.01. The van der Waals surface area contributed by atoms with Gasteiger partial charge in [0.1, 0.15) is 0 Å². The molecular formula is C10H18O2. The summed E-state index contributed by atoms with van der Waals surface area (Å²) in [7, 11) is 0. The van der Waals surface area contributed by atoms with Gasteiger partial charge in [0.05, 0.1) is 18.3 Å². The molecule has 2 fully saturated rings. The Hall–Kier alpha value is -0.0800. The Bertz CT molecular complexity index is 150. The highest BCUT2D eigenvalue weighted by molar-refractivity contribution is 4.90. The van der Waals surface area contributed by atoms with Crippen molar-refractivity contribution >= 4 is 0 Å². The molecule has 1 heterocycles. The lowest BCUT2D eigenvalue weighted by molar-refractivity contribution is -0.138. The Morgan fingerprint density at radius 1 is 1.17 bits per heavy atom. The molecule has 1 unspecified atom stereocenters. The molecule has 2 rings (SSSR count). The normalized spacial score (nSPS) is 34.2. The van der Waals surface area contributed by atoms with Gasteiger partial charge >= 0.3 is 0 Å². The van der Waals surface area contributed by atoms with Crippen LogP contribution >= 0.6 is 0 Å². The molecule has 0 aromatic carbocycles. The summed E-state index contributed by atoms with van der Waals surface area (Å²) in [6.07, 6.45) is 8.74. The molecule has 2 nitrogen and oxygen atoms in total. The second-order valence-corrected chi connectivity index (χ2v) is 4.20. The first-order valence-corrected chi connectivity index (χ1v) is 5.13. The van der Waals surface area contributed by atoms with Crippen LogP contribution in [0.5, 0.6) is 0 Å². The molecule has 0 amide bonds. The van der Waals surface area contributed by atoms with E-state index in [1.807, 2.05) is 0 Å². The molecule has 1 aliphatic carbocycles. The van der Waals surface area contributed by atoms with Crippen LogP contribution in [0.25, 0.3) is 0 Å². The van der Waals surface area contributed by atoms with Crippen molar-refractivity contribution in [3.63, 3.8) is 0 Å². The summed E-state index contributed by atoms with van der Waals surface area (Å²) in [6, 6.07) is 0. The van der Waals surface area contributed by atoms with Crippen LogP contribution < -0.4 is 0 Å².